The Morgan fingerprint density at radius 1 is 1.14 bits per heavy atom. The zero-order valence-corrected chi connectivity index (χ0v) is 12.4. The standard InChI is InChI=1S/C14H18N2O4S/c17-14(18)13-10-11-6-2-3-7-12(11)16(13)21(19,20)15-8-4-1-5-9-15/h2-3,6-7,13H,1,4-5,8-10H2,(H,17,18)/t13-/m0/s1. The van der Waals surface area contributed by atoms with Crippen molar-refractivity contribution in [3.63, 3.8) is 0 Å². The van der Waals surface area contributed by atoms with E-state index in [9.17, 15) is 18.3 Å². The van der Waals surface area contributed by atoms with E-state index in [4.69, 9.17) is 0 Å². The smallest absolute Gasteiger partial charge is 0.327 e. The number of nitrogens with zero attached hydrogens (tertiary/aromatic N) is 2. The van der Waals surface area contributed by atoms with Crippen molar-refractivity contribution in [2.45, 2.75) is 31.7 Å². The second-order valence-electron chi connectivity index (χ2n) is 5.45. The fraction of sp³-hybridized carbons (Fsp3) is 0.500. The topological polar surface area (TPSA) is 77.9 Å². The number of carbonyl (C=O) groups is 1. The third kappa shape index (κ3) is 2.40. The Kier molecular flexibility index (Phi) is 3.62. The molecule has 2 aliphatic rings. The summed E-state index contributed by atoms with van der Waals surface area (Å²) in [4.78, 5) is 11.5. The Balaban J connectivity index is 2.02. The van der Waals surface area contributed by atoms with Gasteiger partial charge in [0.2, 0.25) is 0 Å². The van der Waals surface area contributed by atoms with Crippen LogP contribution in [0, 0.1) is 0 Å². The zero-order valence-electron chi connectivity index (χ0n) is 11.6. The van der Waals surface area contributed by atoms with Gasteiger partial charge in [-0.15, -0.1) is 0 Å². The highest BCUT2D eigenvalue weighted by Crippen LogP contribution is 2.36. The van der Waals surface area contributed by atoms with Gasteiger partial charge in [-0.25, -0.2) is 9.10 Å². The lowest BCUT2D eigenvalue weighted by Crippen LogP contribution is -2.51. The first-order valence-corrected chi connectivity index (χ1v) is 8.52. The van der Waals surface area contributed by atoms with Crippen molar-refractivity contribution in [1.29, 1.82) is 0 Å². The average molecular weight is 310 g/mol. The molecule has 7 heteroatoms. The van der Waals surface area contributed by atoms with E-state index in [0.29, 0.717) is 18.8 Å². The second kappa shape index (κ2) is 5.31. The highest BCUT2D eigenvalue weighted by molar-refractivity contribution is 7.90. The van der Waals surface area contributed by atoms with Crippen LogP contribution in [0.5, 0.6) is 0 Å². The number of benzene rings is 1. The van der Waals surface area contributed by atoms with E-state index in [0.717, 1.165) is 29.1 Å². The molecule has 0 aromatic heterocycles. The number of carboxylic acid groups (broad SMARTS) is 1. The van der Waals surface area contributed by atoms with Crippen LogP contribution >= 0.6 is 0 Å². The van der Waals surface area contributed by atoms with Crippen molar-refractivity contribution < 1.29 is 18.3 Å². The van der Waals surface area contributed by atoms with E-state index in [1.165, 1.54) is 4.31 Å². The van der Waals surface area contributed by atoms with Gasteiger partial charge >= 0.3 is 16.2 Å². The summed E-state index contributed by atoms with van der Waals surface area (Å²) in [5, 5.41) is 9.39. The van der Waals surface area contributed by atoms with Crippen LogP contribution in [-0.2, 0) is 21.4 Å². The molecular formula is C14H18N2O4S. The van der Waals surface area contributed by atoms with Gasteiger partial charge in [0.15, 0.2) is 0 Å². The molecule has 1 aromatic rings. The molecule has 114 valence electrons. The molecule has 0 bridgehead atoms. The van der Waals surface area contributed by atoms with Gasteiger partial charge in [-0.1, -0.05) is 24.6 Å². The third-order valence-corrected chi connectivity index (χ3v) is 6.07. The Bertz CT molecular complexity index is 653. The number of fused-ring (bicyclic) bond motifs is 1. The lowest BCUT2D eigenvalue weighted by atomic mass is 10.1. The van der Waals surface area contributed by atoms with Crippen LogP contribution in [0.25, 0.3) is 0 Å². The van der Waals surface area contributed by atoms with Crippen molar-refractivity contribution in [1.82, 2.24) is 4.31 Å². The largest absolute Gasteiger partial charge is 0.480 e. The minimum atomic E-state index is -3.78. The van der Waals surface area contributed by atoms with Crippen molar-refractivity contribution in [3.8, 4) is 0 Å². The molecule has 1 aromatic carbocycles. The summed E-state index contributed by atoms with van der Waals surface area (Å²) in [6, 6.07) is 5.96. The number of hydrogen-bond donors (Lipinski definition) is 1. The van der Waals surface area contributed by atoms with Gasteiger partial charge in [-0.3, -0.25) is 0 Å². The number of para-hydroxylation sites is 1. The van der Waals surface area contributed by atoms with Gasteiger partial charge in [0, 0.05) is 19.5 Å². The van der Waals surface area contributed by atoms with Gasteiger partial charge in [-0.05, 0) is 24.5 Å². The summed E-state index contributed by atoms with van der Waals surface area (Å²) < 4.78 is 28.2. The predicted molar refractivity (Wildman–Crippen MR) is 78.4 cm³/mol. The Morgan fingerprint density at radius 3 is 2.48 bits per heavy atom. The van der Waals surface area contributed by atoms with Gasteiger partial charge in [0.05, 0.1) is 5.69 Å². The quantitative estimate of drug-likeness (QED) is 0.911. The molecule has 0 saturated carbocycles. The second-order valence-corrected chi connectivity index (χ2v) is 7.26. The minimum absolute atomic E-state index is 0.221. The van der Waals surface area contributed by atoms with Crippen LogP contribution in [0.1, 0.15) is 24.8 Å². The summed E-state index contributed by atoms with van der Waals surface area (Å²) in [5.74, 6) is -1.10. The molecule has 0 aliphatic carbocycles. The maximum Gasteiger partial charge on any atom is 0.327 e. The molecule has 1 atom stereocenters. The number of carboxylic acids is 1. The van der Waals surface area contributed by atoms with Gasteiger partial charge in [0.1, 0.15) is 6.04 Å². The molecule has 1 fully saturated rings. The molecule has 6 nitrogen and oxygen atoms in total. The van der Waals surface area contributed by atoms with Crippen molar-refractivity contribution in [3.05, 3.63) is 29.8 Å². The average Bonchev–Trinajstić information content (AvgIpc) is 2.88. The van der Waals surface area contributed by atoms with E-state index >= 15 is 0 Å². The van der Waals surface area contributed by atoms with Crippen molar-refractivity contribution >= 4 is 21.9 Å². The predicted octanol–water partition coefficient (Wildman–Crippen LogP) is 1.23. The molecule has 0 unspecified atom stereocenters. The summed E-state index contributed by atoms with van der Waals surface area (Å²) >= 11 is 0. The molecule has 0 spiro atoms. The molecule has 2 aliphatic heterocycles. The number of aliphatic carboxylic acids is 1. The lowest BCUT2D eigenvalue weighted by Gasteiger charge is -2.33. The van der Waals surface area contributed by atoms with E-state index in [1.807, 2.05) is 0 Å². The first-order valence-electron chi connectivity index (χ1n) is 7.12. The number of rotatable bonds is 3. The molecule has 21 heavy (non-hydrogen) atoms. The van der Waals surface area contributed by atoms with Crippen molar-refractivity contribution in [2.24, 2.45) is 0 Å². The maximum atomic E-state index is 12.9. The fourth-order valence-electron chi connectivity index (χ4n) is 3.05. The Morgan fingerprint density at radius 2 is 1.81 bits per heavy atom. The highest BCUT2D eigenvalue weighted by Gasteiger charge is 2.44. The Hall–Kier alpha value is -1.60. The SMILES string of the molecule is O=C(O)[C@@H]1Cc2ccccc2N1S(=O)(=O)N1CCCCC1. The van der Waals surface area contributed by atoms with E-state index < -0.39 is 22.2 Å². The van der Waals surface area contributed by atoms with Crippen LogP contribution in [0.15, 0.2) is 24.3 Å². The normalized spacial score (nSPS) is 23.0. The van der Waals surface area contributed by atoms with Crippen LogP contribution < -0.4 is 4.31 Å². The van der Waals surface area contributed by atoms with Crippen LogP contribution in [0.2, 0.25) is 0 Å². The zero-order chi connectivity index (χ0) is 15.0. The molecule has 1 N–H and O–H groups in total. The molecule has 1 saturated heterocycles. The highest BCUT2D eigenvalue weighted by atomic mass is 32.2. The first-order chi connectivity index (χ1) is 10.0. The maximum absolute atomic E-state index is 12.9. The minimum Gasteiger partial charge on any atom is -0.480 e. The van der Waals surface area contributed by atoms with Crippen LogP contribution in [-0.4, -0.2) is 42.9 Å². The third-order valence-electron chi connectivity index (χ3n) is 4.10. The molecule has 0 radical (unpaired) electrons. The summed E-state index contributed by atoms with van der Waals surface area (Å²) in [5.41, 5.74) is 1.26. The van der Waals surface area contributed by atoms with Gasteiger partial charge in [-0.2, -0.15) is 12.7 Å². The van der Waals surface area contributed by atoms with Gasteiger partial charge in [0.25, 0.3) is 0 Å². The lowest BCUT2D eigenvalue weighted by molar-refractivity contribution is -0.138. The monoisotopic (exact) mass is 310 g/mol. The van der Waals surface area contributed by atoms with E-state index in [1.54, 1.807) is 24.3 Å². The number of hydrogen-bond acceptors (Lipinski definition) is 3. The first kappa shape index (κ1) is 14.3. The van der Waals surface area contributed by atoms with Crippen LogP contribution in [0.3, 0.4) is 0 Å². The molecule has 0 amide bonds. The van der Waals surface area contributed by atoms with Crippen LogP contribution in [0.4, 0.5) is 5.69 Å². The molecule has 3 rings (SSSR count). The van der Waals surface area contributed by atoms with E-state index in [-0.39, 0.29) is 6.42 Å². The molecule has 2 heterocycles. The van der Waals surface area contributed by atoms with Gasteiger partial charge < -0.3 is 5.11 Å². The Labute approximate surface area is 124 Å². The number of piperidine rings is 1. The molecular weight excluding hydrogens is 292 g/mol. The fourth-order valence-corrected chi connectivity index (χ4v) is 4.93. The summed E-state index contributed by atoms with van der Waals surface area (Å²) in [7, 11) is -3.78. The summed E-state index contributed by atoms with van der Waals surface area (Å²) in [6.45, 7) is 0.931. The number of anilines is 1. The summed E-state index contributed by atoms with van der Waals surface area (Å²) in [6.07, 6.45) is 2.89. The van der Waals surface area contributed by atoms with E-state index in [2.05, 4.69) is 0 Å². The van der Waals surface area contributed by atoms with Crippen molar-refractivity contribution in [2.75, 3.05) is 17.4 Å².